The summed E-state index contributed by atoms with van der Waals surface area (Å²) in [5.74, 6) is 1.62. The van der Waals surface area contributed by atoms with Crippen LogP contribution in [0.2, 0.25) is 0 Å². The smallest absolute Gasteiger partial charge is 0.227 e. The van der Waals surface area contributed by atoms with Crippen LogP contribution in [0.4, 0.5) is 22.0 Å². The molecule has 0 radical (unpaired) electrons. The Morgan fingerprint density at radius 3 is 2.76 bits per heavy atom. The van der Waals surface area contributed by atoms with E-state index in [-0.39, 0.29) is 17.8 Å². The predicted molar refractivity (Wildman–Crippen MR) is 110 cm³/mol. The van der Waals surface area contributed by atoms with E-state index in [1.807, 2.05) is 24.8 Å². The Kier molecular flexibility index (Phi) is 6.03. The fourth-order valence-corrected chi connectivity index (χ4v) is 3.84. The van der Waals surface area contributed by atoms with Gasteiger partial charge in [-0.1, -0.05) is 13.8 Å². The Bertz CT molecular complexity index is 828. The van der Waals surface area contributed by atoms with Crippen molar-refractivity contribution < 1.29 is 9.13 Å². The summed E-state index contributed by atoms with van der Waals surface area (Å²) < 4.78 is 20.3. The number of hydrogen-bond acceptors (Lipinski definition) is 8. The third-order valence-corrected chi connectivity index (χ3v) is 5.35. The minimum Gasteiger partial charge on any atom is -0.378 e. The first-order valence-electron chi connectivity index (χ1n) is 10.3. The molecule has 9 heteroatoms. The van der Waals surface area contributed by atoms with Gasteiger partial charge in [-0.05, 0) is 24.8 Å². The Hall–Kier alpha value is -2.55. The number of piperidine rings is 1. The highest BCUT2D eigenvalue weighted by Crippen LogP contribution is 2.26. The van der Waals surface area contributed by atoms with Gasteiger partial charge in [0, 0.05) is 38.4 Å². The van der Waals surface area contributed by atoms with E-state index in [0.717, 1.165) is 44.2 Å². The molecule has 29 heavy (non-hydrogen) atoms. The molecule has 4 heterocycles. The van der Waals surface area contributed by atoms with Crippen LogP contribution in [0.15, 0.2) is 18.6 Å². The van der Waals surface area contributed by atoms with Gasteiger partial charge in [-0.3, -0.25) is 0 Å². The molecular formula is C20H28FN7O. The predicted octanol–water partition coefficient (Wildman–Crippen LogP) is 2.45. The Morgan fingerprint density at radius 2 is 1.97 bits per heavy atom. The van der Waals surface area contributed by atoms with Crippen LogP contribution < -0.4 is 15.1 Å². The SMILES string of the molecule is CC(C)c1ncnc(N2CCCC(Nc3ccnc(N4CCOCC4)n3)C2)c1F. The van der Waals surface area contributed by atoms with Gasteiger partial charge in [0.25, 0.3) is 0 Å². The molecule has 2 aliphatic rings. The maximum atomic E-state index is 14.9. The largest absolute Gasteiger partial charge is 0.378 e. The van der Waals surface area contributed by atoms with Gasteiger partial charge in [-0.2, -0.15) is 4.98 Å². The zero-order chi connectivity index (χ0) is 20.2. The lowest BCUT2D eigenvalue weighted by Gasteiger charge is -2.34. The molecule has 0 amide bonds. The van der Waals surface area contributed by atoms with E-state index in [4.69, 9.17) is 4.74 Å². The van der Waals surface area contributed by atoms with Crippen molar-refractivity contribution in [3.05, 3.63) is 30.1 Å². The standard InChI is InChI=1S/C20H28FN7O/c1-14(2)18-17(21)19(24-13-23-18)28-7-3-4-15(12-28)25-16-5-6-22-20(26-16)27-8-10-29-11-9-27/h5-6,13-15H,3-4,7-12H2,1-2H3,(H,22,25,26). The number of nitrogens with zero attached hydrogens (tertiary/aromatic N) is 6. The van der Waals surface area contributed by atoms with Crippen molar-refractivity contribution in [1.82, 2.24) is 19.9 Å². The van der Waals surface area contributed by atoms with E-state index in [1.165, 1.54) is 6.33 Å². The van der Waals surface area contributed by atoms with Crippen LogP contribution in [-0.2, 0) is 4.74 Å². The third kappa shape index (κ3) is 4.55. The molecule has 0 aromatic carbocycles. The van der Waals surface area contributed by atoms with Crippen molar-refractivity contribution in [3.63, 3.8) is 0 Å². The average Bonchev–Trinajstić information content (AvgIpc) is 2.75. The summed E-state index contributed by atoms with van der Waals surface area (Å²) in [4.78, 5) is 21.6. The van der Waals surface area contributed by atoms with Crippen LogP contribution in [0.1, 0.15) is 38.3 Å². The summed E-state index contributed by atoms with van der Waals surface area (Å²) in [5.41, 5.74) is 0.469. The van der Waals surface area contributed by atoms with Gasteiger partial charge in [0.2, 0.25) is 5.95 Å². The fraction of sp³-hybridized carbons (Fsp3) is 0.600. The van der Waals surface area contributed by atoms with Gasteiger partial charge in [0.05, 0.1) is 18.9 Å². The van der Waals surface area contributed by atoms with Gasteiger partial charge >= 0.3 is 0 Å². The van der Waals surface area contributed by atoms with E-state index >= 15 is 0 Å². The number of hydrogen-bond donors (Lipinski definition) is 1. The van der Waals surface area contributed by atoms with E-state index in [9.17, 15) is 4.39 Å². The highest BCUT2D eigenvalue weighted by atomic mass is 19.1. The highest BCUT2D eigenvalue weighted by molar-refractivity contribution is 5.45. The second-order valence-corrected chi connectivity index (χ2v) is 7.82. The van der Waals surface area contributed by atoms with Crippen molar-refractivity contribution >= 4 is 17.6 Å². The Balaban J connectivity index is 1.45. The second kappa shape index (κ2) is 8.86. The number of nitrogens with one attached hydrogen (secondary N) is 1. The molecule has 4 rings (SSSR count). The monoisotopic (exact) mass is 401 g/mol. The summed E-state index contributed by atoms with van der Waals surface area (Å²) in [6.45, 7) is 8.32. The number of morpholine rings is 1. The molecule has 8 nitrogen and oxygen atoms in total. The summed E-state index contributed by atoms with van der Waals surface area (Å²) in [6, 6.07) is 2.04. The van der Waals surface area contributed by atoms with Crippen LogP contribution in [0.3, 0.4) is 0 Å². The first-order valence-corrected chi connectivity index (χ1v) is 10.3. The van der Waals surface area contributed by atoms with Gasteiger partial charge in [-0.15, -0.1) is 0 Å². The molecule has 156 valence electrons. The quantitative estimate of drug-likeness (QED) is 0.819. The minimum atomic E-state index is -0.306. The Morgan fingerprint density at radius 1 is 1.14 bits per heavy atom. The van der Waals surface area contributed by atoms with Crippen LogP contribution in [0.5, 0.6) is 0 Å². The van der Waals surface area contributed by atoms with E-state index in [0.29, 0.717) is 31.3 Å². The lowest BCUT2D eigenvalue weighted by molar-refractivity contribution is 0.122. The summed E-state index contributed by atoms with van der Waals surface area (Å²) >= 11 is 0. The maximum Gasteiger partial charge on any atom is 0.227 e. The van der Waals surface area contributed by atoms with Crippen molar-refractivity contribution in [3.8, 4) is 0 Å². The third-order valence-electron chi connectivity index (χ3n) is 5.35. The fourth-order valence-electron chi connectivity index (χ4n) is 3.84. The van der Waals surface area contributed by atoms with Crippen molar-refractivity contribution in [2.45, 2.75) is 38.6 Å². The molecule has 0 aliphatic carbocycles. The first kappa shape index (κ1) is 19.8. The summed E-state index contributed by atoms with van der Waals surface area (Å²) in [7, 11) is 0. The van der Waals surface area contributed by atoms with Gasteiger partial charge in [-0.25, -0.2) is 19.3 Å². The number of halogens is 1. The number of aromatic nitrogens is 4. The molecule has 2 saturated heterocycles. The molecule has 0 saturated carbocycles. The molecule has 1 unspecified atom stereocenters. The molecule has 1 N–H and O–H groups in total. The minimum absolute atomic E-state index is 0.0232. The Labute approximate surface area is 170 Å². The highest BCUT2D eigenvalue weighted by Gasteiger charge is 2.25. The zero-order valence-corrected chi connectivity index (χ0v) is 17.0. The van der Waals surface area contributed by atoms with E-state index in [2.05, 4.69) is 30.2 Å². The molecule has 2 aliphatic heterocycles. The zero-order valence-electron chi connectivity index (χ0n) is 17.0. The van der Waals surface area contributed by atoms with Gasteiger partial charge < -0.3 is 19.9 Å². The molecule has 0 spiro atoms. The lowest BCUT2D eigenvalue weighted by atomic mass is 10.0. The number of anilines is 3. The van der Waals surface area contributed by atoms with Crippen molar-refractivity contribution in [2.24, 2.45) is 0 Å². The second-order valence-electron chi connectivity index (χ2n) is 7.82. The molecule has 2 aromatic heterocycles. The van der Waals surface area contributed by atoms with Crippen LogP contribution in [0, 0.1) is 5.82 Å². The van der Waals surface area contributed by atoms with Gasteiger partial charge in [0.15, 0.2) is 11.6 Å². The normalized spacial score (nSPS) is 20.2. The van der Waals surface area contributed by atoms with Crippen LogP contribution in [-0.4, -0.2) is 65.4 Å². The topological polar surface area (TPSA) is 79.3 Å². The number of rotatable bonds is 5. The molecule has 0 bridgehead atoms. The van der Waals surface area contributed by atoms with E-state index in [1.54, 1.807) is 6.20 Å². The van der Waals surface area contributed by atoms with Crippen LogP contribution >= 0.6 is 0 Å². The molecule has 2 aromatic rings. The lowest BCUT2D eigenvalue weighted by Crippen LogP contribution is -2.43. The summed E-state index contributed by atoms with van der Waals surface area (Å²) in [5, 5.41) is 3.50. The molecule has 1 atom stereocenters. The first-order chi connectivity index (χ1) is 14.1. The number of ether oxygens (including phenoxy) is 1. The van der Waals surface area contributed by atoms with Gasteiger partial charge in [0.1, 0.15) is 12.1 Å². The van der Waals surface area contributed by atoms with Crippen molar-refractivity contribution in [1.29, 1.82) is 0 Å². The van der Waals surface area contributed by atoms with Crippen molar-refractivity contribution in [2.75, 3.05) is 54.5 Å². The summed E-state index contributed by atoms with van der Waals surface area (Å²) in [6.07, 6.45) is 5.19. The maximum absolute atomic E-state index is 14.9. The average molecular weight is 401 g/mol. The molecular weight excluding hydrogens is 373 g/mol. The van der Waals surface area contributed by atoms with Crippen LogP contribution in [0.25, 0.3) is 0 Å². The van der Waals surface area contributed by atoms with E-state index < -0.39 is 0 Å². The molecule has 2 fully saturated rings.